The molecule has 11 heteroatoms. The minimum atomic E-state index is -0.743. The maximum atomic E-state index is 11.5. The molecular weight excluding hydrogens is 336 g/mol. The zero-order chi connectivity index (χ0) is 18.8. The number of esters is 1. The summed E-state index contributed by atoms with van der Waals surface area (Å²) < 4.78 is 9.85. The molecule has 0 spiro atoms. The largest absolute Gasteiger partial charge is 0.464 e. The number of non-ortho nitro benzene ring substituents is 1. The van der Waals surface area contributed by atoms with Crippen LogP contribution < -0.4 is 5.43 Å². The molecule has 0 bridgehead atoms. The monoisotopic (exact) mass is 354 g/mol. The third-order valence-electron chi connectivity index (χ3n) is 3.06. The topological polar surface area (TPSA) is 146 Å². The number of rotatable bonds is 10. The van der Waals surface area contributed by atoms with Gasteiger partial charge in [-0.2, -0.15) is 5.10 Å². The van der Waals surface area contributed by atoms with Crippen molar-refractivity contribution in [3.8, 4) is 0 Å². The highest BCUT2D eigenvalue weighted by atomic mass is 16.6. The van der Waals surface area contributed by atoms with E-state index in [1.165, 1.54) is 19.4 Å². The van der Waals surface area contributed by atoms with Crippen LogP contribution in [0, 0.1) is 20.2 Å². The molecule has 0 aliphatic carbocycles. The van der Waals surface area contributed by atoms with Crippen LogP contribution in [0.4, 0.5) is 17.1 Å². The lowest BCUT2D eigenvalue weighted by Gasteiger charge is -2.12. The number of nitrogens with one attached hydrogen (secondary N) is 1. The summed E-state index contributed by atoms with van der Waals surface area (Å²) in [4.78, 5) is 31.7. The molecule has 0 saturated heterocycles. The van der Waals surface area contributed by atoms with E-state index < -0.39 is 33.3 Å². The number of hydrazone groups is 1. The van der Waals surface area contributed by atoms with Crippen molar-refractivity contribution in [1.29, 1.82) is 0 Å². The van der Waals surface area contributed by atoms with Crippen molar-refractivity contribution in [2.45, 2.75) is 25.9 Å². The highest BCUT2D eigenvalue weighted by Gasteiger charge is 2.19. The highest BCUT2D eigenvalue weighted by Crippen LogP contribution is 2.28. The molecule has 0 aliphatic heterocycles. The fourth-order valence-corrected chi connectivity index (χ4v) is 1.85. The average Bonchev–Trinajstić information content (AvgIpc) is 2.57. The van der Waals surface area contributed by atoms with E-state index in [4.69, 9.17) is 9.47 Å². The van der Waals surface area contributed by atoms with Gasteiger partial charge in [0.25, 0.3) is 5.69 Å². The highest BCUT2D eigenvalue weighted by molar-refractivity contribution is 5.75. The molecular formula is C14H18N4O7. The lowest BCUT2D eigenvalue weighted by molar-refractivity contribution is -0.393. The molecule has 1 unspecified atom stereocenters. The van der Waals surface area contributed by atoms with Crippen LogP contribution in [-0.2, 0) is 14.3 Å². The Kier molecular flexibility index (Phi) is 7.93. The van der Waals surface area contributed by atoms with E-state index in [9.17, 15) is 25.0 Å². The van der Waals surface area contributed by atoms with Crippen LogP contribution in [0.2, 0.25) is 0 Å². The van der Waals surface area contributed by atoms with E-state index in [1.54, 1.807) is 6.92 Å². The van der Waals surface area contributed by atoms with Crippen LogP contribution >= 0.6 is 0 Å². The van der Waals surface area contributed by atoms with Gasteiger partial charge in [0.05, 0.1) is 22.5 Å². The van der Waals surface area contributed by atoms with Crippen LogP contribution in [-0.4, -0.2) is 41.9 Å². The summed E-state index contributed by atoms with van der Waals surface area (Å²) in [6.45, 7) is 1.94. The first-order chi connectivity index (χ1) is 11.9. The van der Waals surface area contributed by atoms with Gasteiger partial charge in [-0.05, 0) is 25.8 Å². The number of nitro groups is 2. The second-order valence-corrected chi connectivity index (χ2v) is 4.69. The first kappa shape index (κ1) is 20.0. The summed E-state index contributed by atoms with van der Waals surface area (Å²) in [5.41, 5.74) is 1.61. The first-order valence-corrected chi connectivity index (χ1v) is 7.30. The van der Waals surface area contributed by atoms with Gasteiger partial charge in [0.15, 0.2) is 6.10 Å². The lowest BCUT2D eigenvalue weighted by Crippen LogP contribution is -2.25. The molecule has 11 nitrogen and oxygen atoms in total. The molecule has 0 fully saturated rings. The molecule has 1 aromatic rings. The zero-order valence-electron chi connectivity index (χ0n) is 13.7. The van der Waals surface area contributed by atoms with Gasteiger partial charge in [-0.15, -0.1) is 0 Å². The van der Waals surface area contributed by atoms with Crippen molar-refractivity contribution >= 4 is 29.2 Å². The Hall–Kier alpha value is -3.08. The summed E-state index contributed by atoms with van der Waals surface area (Å²) in [6, 6.07) is 3.18. The summed E-state index contributed by atoms with van der Waals surface area (Å²) in [7, 11) is 1.39. The molecule has 1 atom stereocenters. The van der Waals surface area contributed by atoms with Crippen molar-refractivity contribution in [1.82, 2.24) is 0 Å². The number of carbonyl (C=O) groups is 1. The number of methoxy groups -OCH3 is 1. The van der Waals surface area contributed by atoms with E-state index >= 15 is 0 Å². The molecule has 0 aliphatic rings. The van der Waals surface area contributed by atoms with E-state index in [-0.39, 0.29) is 12.3 Å². The minimum Gasteiger partial charge on any atom is -0.464 e. The third kappa shape index (κ3) is 6.14. The van der Waals surface area contributed by atoms with Crippen molar-refractivity contribution in [3.63, 3.8) is 0 Å². The van der Waals surface area contributed by atoms with Gasteiger partial charge in [-0.25, -0.2) is 4.79 Å². The standard InChI is InChI=1S/C14H18N4O7/c1-3-25-14(19)13(24-2)5-4-8-15-16-11-7-6-10(17(20)21)9-12(11)18(22)23/h6-9,13,16H,3-5H2,1-2H3. The smallest absolute Gasteiger partial charge is 0.335 e. The van der Waals surface area contributed by atoms with E-state index in [2.05, 4.69) is 10.5 Å². The Labute approximate surface area is 142 Å². The van der Waals surface area contributed by atoms with E-state index in [1.807, 2.05) is 0 Å². The second kappa shape index (κ2) is 9.93. The summed E-state index contributed by atoms with van der Waals surface area (Å²) in [5, 5.41) is 25.5. The molecule has 0 heterocycles. The third-order valence-corrected chi connectivity index (χ3v) is 3.06. The van der Waals surface area contributed by atoms with Gasteiger partial charge >= 0.3 is 11.7 Å². The fourth-order valence-electron chi connectivity index (χ4n) is 1.85. The predicted octanol–water partition coefficient (Wildman–Crippen LogP) is 2.26. The Morgan fingerprint density at radius 3 is 2.64 bits per heavy atom. The van der Waals surface area contributed by atoms with Crippen LogP contribution in [0.3, 0.4) is 0 Å². The zero-order valence-corrected chi connectivity index (χ0v) is 13.7. The van der Waals surface area contributed by atoms with E-state index in [0.29, 0.717) is 12.8 Å². The molecule has 0 amide bonds. The number of nitrogens with zero attached hydrogens (tertiary/aromatic N) is 3. The maximum Gasteiger partial charge on any atom is 0.335 e. The lowest BCUT2D eigenvalue weighted by atomic mass is 10.2. The average molecular weight is 354 g/mol. The van der Waals surface area contributed by atoms with Gasteiger partial charge in [0.2, 0.25) is 0 Å². The van der Waals surface area contributed by atoms with E-state index in [0.717, 1.165) is 12.1 Å². The summed E-state index contributed by atoms with van der Waals surface area (Å²) in [5.74, 6) is -0.475. The van der Waals surface area contributed by atoms with Gasteiger partial charge in [0.1, 0.15) is 5.69 Å². The van der Waals surface area contributed by atoms with Crippen molar-refractivity contribution < 1.29 is 24.1 Å². The van der Waals surface area contributed by atoms with Gasteiger partial charge in [0, 0.05) is 19.4 Å². The summed E-state index contributed by atoms with van der Waals surface area (Å²) >= 11 is 0. The number of hydrogen-bond acceptors (Lipinski definition) is 9. The number of carbonyl (C=O) groups excluding carboxylic acids is 1. The molecule has 25 heavy (non-hydrogen) atoms. The Bertz CT molecular complexity index is 663. The first-order valence-electron chi connectivity index (χ1n) is 7.30. The second-order valence-electron chi connectivity index (χ2n) is 4.69. The van der Waals surface area contributed by atoms with Gasteiger partial charge in [-0.3, -0.25) is 25.7 Å². The maximum absolute atomic E-state index is 11.5. The van der Waals surface area contributed by atoms with Crippen molar-refractivity contribution in [2.75, 3.05) is 19.1 Å². The van der Waals surface area contributed by atoms with Crippen molar-refractivity contribution in [2.24, 2.45) is 5.10 Å². The van der Waals surface area contributed by atoms with Crippen LogP contribution in [0.15, 0.2) is 23.3 Å². The number of anilines is 1. The van der Waals surface area contributed by atoms with Crippen LogP contribution in [0.5, 0.6) is 0 Å². The number of hydrogen-bond donors (Lipinski definition) is 1. The predicted molar refractivity (Wildman–Crippen MR) is 88.5 cm³/mol. The Morgan fingerprint density at radius 1 is 1.36 bits per heavy atom. The van der Waals surface area contributed by atoms with Crippen LogP contribution in [0.25, 0.3) is 0 Å². The van der Waals surface area contributed by atoms with Crippen molar-refractivity contribution in [3.05, 3.63) is 38.4 Å². The van der Waals surface area contributed by atoms with Gasteiger partial charge < -0.3 is 9.47 Å². The molecule has 136 valence electrons. The number of benzene rings is 1. The number of nitro benzene ring substituents is 2. The molecule has 1 N–H and O–H groups in total. The fraction of sp³-hybridized carbons (Fsp3) is 0.429. The Balaban J connectivity index is 2.65. The molecule has 1 rings (SSSR count). The molecule has 1 aromatic carbocycles. The molecule has 0 radical (unpaired) electrons. The normalized spacial score (nSPS) is 11.9. The van der Waals surface area contributed by atoms with Gasteiger partial charge in [-0.1, -0.05) is 0 Å². The van der Waals surface area contributed by atoms with Crippen LogP contribution in [0.1, 0.15) is 19.8 Å². The Morgan fingerprint density at radius 2 is 2.08 bits per heavy atom. The molecule has 0 aromatic heterocycles. The molecule has 0 saturated carbocycles. The minimum absolute atomic E-state index is 0.0144. The summed E-state index contributed by atoms with van der Waals surface area (Å²) in [6.07, 6.45) is 1.37. The SMILES string of the molecule is CCOC(=O)C(CCC=NNc1ccc([N+](=O)[O-])cc1[N+](=O)[O-])OC. The number of ether oxygens (including phenoxy) is 2. The quantitative estimate of drug-likeness (QED) is 0.291.